The van der Waals surface area contributed by atoms with Crippen LogP contribution in [0.5, 0.6) is 0 Å². The summed E-state index contributed by atoms with van der Waals surface area (Å²) in [5.41, 5.74) is 0.627. The number of anilines is 1. The van der Waals surface area contributed by atoms with Gasteiger partial charge in [-0.3, -0.25) is 19.4 Å². The number of nitrogens with one attached hydrogen (secondary N) is 1. The lowest BCUT2D eigenvalue weighted by atomic mass is 9.91. The maximum atomic E-state index is 12.8. The molecule has 4 fully saturated rings. The van der Waals surface area contributed by atoms with Crippen molar-refractivity contribution < 1.29 is 9.59 Å². The van der Waals surface area contributed by atoms with Crippen LogP contribution in [0.1, 0.15) is 48.9 Å². The van der Waals surface area contributed by atoms with Crippen LogP contribution in [-0.2, 0) is 4.79 Å². The lowest BCUT2D eigenvalue weighted by Crippen LogP contribution is -2.56. The summed E-state index contributed by atoms with van der Waals surface area (Å²) in [5, 5.41) is 3.06. The van der Waals surface area contributed by atoms with E-state index < -0.39 is 0 Å². The second-order valence-electron chi connectivity index (χ2n) is 9.77. The Hall–Kier alpha value is -2.19. The van der Waals surface area contributed by atoms with Crippen LogP contribution >= 0.6 is 0 Å². The molecule has 2 aliphatic carbocycles. The van der Waals surface area contributed by atoms with E-state index in [0.29, 0.717) is 18.2 Å². The lowest BCUT2D eigenvalue weighted by molar-refractivity contribution is -0.134. The molecule has 174 valence electrons. The normalized spacial score (nSPS) is 23.5. The monoisotopic (exact) mass is 440 g/mol. The van der Waals surface area contributed by atoms with E-state index in [2.05, 4.69) is 29.9 Å². The van der Waals surface area contributed by atoms with Gasteiger partial charge in [-0.05, 0) is 44.2 Å². The van der Waals surface area contributed by atoms with Crippen molar-refractivity contribution in [3.8, 4) is 0 Å². The Labute approximate surface area is 190 Å². The number of carbonyl (C=O) groups is 2. The van der Waals surface area contributed by atoms with Crippen molar-refractivity contribution in [2.45, 2.75) is 50.6 Å². The molecule has 2 saturated carbocycles. The zero-order valence-corrected chi connectivity index (χ0v) is 19.0. The lowest BCUT2D eigenvalue weighted by Gasteiger charge is -2.43. The SMILES string of the molecule is O=C(NC1CCC1)c1ccc(N2CCN(CC(=O)N3CCN(C4CCC4)CC3)CC2)nc1. The van der Waals surface area contributed by atoms with Gasteiger partial charge in [-0.1, -0.05) is 6.42 Å². The van der Waals surface area contributed by atoms with E-state index in [-0.39, 0.29) is 11.8 Å². The molecular formula is C24H36N6O2. The van der Waals surface area contributed by atoms with Gasteiger partial charge >= 0.3 is 0 Å². The van der Waals surface area contributed by atoms with Crippen molar-refractivity contribution in [2.75, 3.05) is 63.8 Å². The standard InChI is InChI=1S/C24H36N6O2/c31-23(30-15-13-28(14-16-30)21-5-2-6-21)18-27-9-11-29(12-10-27)22-8-7-19(17-25-22)24(32)26-20-3-1-4-20/h7-8,17,20-21H,1-6,9-16,18H2,(H,26,32). The molecule has 1 N–H and O–H groups in total. The molecule has 0 atom stereocenters. The Bertz CT molecular complexity index is 791. The highest BCUT2D eigenvalue weighted by atomic mass is 16.2. The van der Waals surface area contributed by atoms with Crippen LogP contribution < -0.4 is 10.2 Å². The second-order valence-corrected chi connectivity index (χ2v) is 9.77. The summed E-state index contributed by atoms with van der Waals surface area (Å²) in [4.78, 5) is 38.7. The molecule has 0 unspecified atom stereocenters. The minimum atomic E-state index is -0.0226. The molecular weight excluding hydrogens is 404 g/mol. The fraction of sp³-hybridized carbons (Fsp3) is 0.708. The van der Waals surface area contributed by atoms with Crippen LogP contribution in [0.4, 0.5) is 5.82 Å². The van der Waals surface area contributed by atoms with Gasteiger partial charge < -0.3 is 15.1 Å². The van der Waals surface area contributed by atoms with Crippen molar-refractivity contribution >= 4 is 17.6 Å². The molecule has 8 heteroatoms. The topological polar surface area (TPSA) is 72.0 Å². The van der Waals surface area contributed by atoms with Gasteiger partial charge in [-0.15, -0.1) is 0 Å². The van der Waals surface area contributed by atoms with E-state index in [1.54, 1.807) is 6.20 Å². The molecule has 1 aromatic heterocycles. The van der Waals surface area contributed by atoms with E-state index >= 15 is 0 Å². The number of aromatic nitrogens is 1. The van der Waals surface area contributed by atoms with Gasteiger partial charge in [0.1, 0.15) is 5.82 Å². The zero-order valence-electron chi connectivity index (χ0n) is 19.0. The molecule has 8 nitrogen and oxygen atoms in total. The second kappa shape index (κ2) is 9.75. The third-order valence-corrected chi connectivity index (χ3v) is 7.76. The molecule has 2 aliphatic heterocycles. The molecule has 32 heavy (non-hydrogen) atoms. The predicted octanol–water partition coefficient (Wildman–Crippen LogP) is 1.18. The molecule has 2 saturated heterocycles. The number of nitrogens with zero attached hydrogens (tertiary/aromatic N) is 5. The quantitative estimate of drug-likeness (QED) is 0.716. The summed E-state index contributed by atoms with van der Waals surface area (Å²) >= 11 is 0. The zero-order chi connectivity index (χ0) is 21.9. The fourth-order valence-corrected chi connectivity index (χ4v) is 5.04. The maximum Gasteiger partial charge on any atom is 0.253 e. The Kier molecular flexibility index (Phi) is 6.59. The highest BCUT2D eigenvalue weighted by molar-refractivity contribution is 5.94. The molecule has 4 aliphatic rings. The smallest absolute Gasteiger partial charge is 0.253 e. The Morgan fingerprint density at radius 3 is 2.19 bits per heavy atom. The first-order valence-corrected chi connectivity index (χ1v) is 12.4. The van der Waals surface area contributed by atoms with Crippen LogP contribution in [0.25, 0.3) is 0 Å². The number of hydrogen-bond acceptors (Lipinski definition) is 6. The highest BCUT2D eigenvalue weighted by Crippen LogP contribution is 2.25. The summed E-state index contributed by atoms with van der Waals surface area (Å²) in [6.45, 7) is 7.76. The van der Waals surface area contributed by atoms with Crippen molar-refractivity contribution in [1.29, 1.82) is 0 Å². The first-order valence-electron chi connectivity index (χ1n) is 12.4. The number of carbonyl (C=O) groups excluding carboxylic acids is 2. The van der Waals surface area contributed by atoms with Crippen LogP contribution in [-0.4, -0.2) is 102 Å². The molecule has 0 spiro atoms. The minimum absolute atomic E-state index is 0.0226. The van der Waals surface area contributed by atoms with Gasteiger partial charge in [0.2, 0.25) is 5.91 Å². The van der Waals surface area contributed by atoms with Gasteiger partial charge in [0.05, 0.1) is 12.1 Å². The van der Waals surface area contributed by atoms with Crippen molar-refractivity contribution in [2.24, 2.45) is 0 Å². The van der Waals surface area contributed by atoms with E-state index in [0.717, 1.165) is 77.1 Å². The van der Waals surface area contributed by atoms with Crippen LogP contribution in [0, 0.1) is 0 Å². The van der Waals surface area contributed by atoms with Gasteiger partial charge in [-0.25, -0.2) is 4.98 Å². The minimum Gasteiger partial charge on any atom is -0.354 e. The summed E-state index contributed by atoms with van der Waals surface area (Å²) in [7, 11) is 0. The van der Waals surface area contributed by atoms with E-state index in [1.165, 1.54) is 25.7 Å². The van der Waals surface area contributed by atoms with Crippen molar-refractivity contribution in [3.05, 3.63) is 23.9 Å². The number of pyridine rings is 1. The number of rotatable bonds is 6. The number of hydrogen-bond donors (Lipinski definition) is 1. The van der Waals surface area contributed by atoms with Gasteiger partial charge in [0.25, 0.3) is 5.91 Å². The predicted molar refractivity (Wildman–Crippen MR) is 124 cm³/mol. The third-order valence-electron chi connectivity index (χ3n) is 7.76. The summed E-state index contributed by atoms with van der Waals surface area (Å²) in [6, 6.07) is 4.93. The molecule has 3 heterocycles. The maximum absolute atomic E-state index is 12.8. The summed E-state index contributed by atoms with van der Waals surface area (Å²) in [5.74, 6) is 1.15. The molecule has 1 aromatic rings. The van der Waals surface area contributed by atoms with E-state index in [1.807, 2.05) is 12.1 Å². The first-order chi connectivity index (χ1) is 15.7. The first kappa shape index (κ1) is 21.6. The van der Waals surface area contributed by atoms with E-state index in [4.69, 9.17) is 0 Å². The highest BCUT2D eigenvalue weighted by Gasteiger charge is 2.30. The molecule has 0 bridgehead atoms. The Balaban J connectivity index is 1.04. The summed E-state index contributed by atoms with van der Waals surface area (Å²) in [6.07, 6.45) is 9.10. The van der Waals surface area contributed by atoms with Crippen molar-refractivity contribution in [1.82, 2.24) is 25.0 Å². The van der Waals surface area contributed by atoms with Crippen LogP contribution in [0.15, 0.2) is 18.3 Å². The molecule has 0 radical (unpaired) electrons. The summed E-state index contributed by atoms with van der Waals surface area (Å²) < 4.78 is 0. The molecule has 2 amide bonds. The number of piperazine rings is 2. The third kappa shape index (κ3) is 4.91. The largest absolute Gasteiger partial charge is 0.354 e. The fourth-order valence-electron chi connectivity index (χ4n) is 5.04. The average Bonchev–Trinajstić information content (AvgIpc) is 2.76. The molecule has 5 rings (SSSR count). The average molecular weight is 441 g/mol. The van der Waals surface area contributed by atoms with Crippen molar-refractivity contribution in [3.63, 3.8) is 0 Å². The van der Waals surface area contributed by atoms with Gasteiger partial charge in [0.15, 0.2) is 0 Å². The van der Waals surface area contributed by atoms with Crippen LogP contribution in [0.2, 0.25) is 0 Å². The van der Waals surface area contributed by atoms with Crippen LogP contribution in [0.3, 0.4) is 0 Å². The van der Waals surface area contributed by atoms with E-state index in [9.17, 15) is 9.59 Å². The van der Waals surface area contributed by atoms with Gasteiger partial charge in [0, 0.05) is 70.6 Å². The Morgan fingerprint density at radius 2 is 1.62 bits per heavy atom. The number of amides is 2. The Morgan fingerprint density at radius 1 is 0.906 bits per heavy atom. The van der Waals surface area contributed by atoms with Gasteiger partial charge in [-0.2, -0.15) is 0 Å². The molecule has 0 aromatic carbocycles.